The van der Waals surface area contributed by atoms with E-state index in [0.717, 1.165) is 0 Å². The van der Waals surface area contributed by atoms with Crippen LogP contribution in [0.3, 0.4) is 0 Å². The normalized spacial score (nSPS) is 15.1. The molecule has 0 bridgehead atoms. The summed E-state index contributed by atoms with van der Waals surface area (Å²) in [5.74, 6) is -12.9. The molecular formula is C29H28F8N2O3Si. The number of imide groups is 1. The van der Waals surface area contributed by atoms with E-state index in [1.807, 2.05) is 41.5 Å². The molecule has 3 rings (SSSR count). The van der Waals surface area contributed by atoms with Crippen LogP contribution in [0.1, 0.15) is 67.8 Å². The second kappa shape index (κ2) is 12.1. The second-order valence-electron chi connectivity index (χ2n) is 11.0. The summed E-state index contributed by atoms with van der Waals surface area (Å²) in [6.45, 7) is 11.3. The van der Waals surface area contributed by atoms with Gasteiger partial charge in [-0.25, -0.2) is 22.0 Å². The van der Waals surface area contributed by atoms with Crippen molar-refractivity contribution in [1.29, 1.82) is 0 Å². The van der Waals surface area contributed by atoms with Crippen LogP contribution in [0.4, 0.5) is 40.8 Å². The van der Waals surface area contributed by atoms with Crippen LogP contribution < -0.4 is 5.32 Å². The van der Waals surface area contributed by atoms with Gasteiger partial charge in [0.2, 0.25) is 0 Å². The number of anilines is 1. The van der Waals surface area contributed by atoms with Crippen LogP contribution in [0.15, 0.2) is 24.3 Å². The third-order valence-electron chi connectivity index (χ3n) is 7.74. The molecule has 1 aliphatic rings. The van der Waals surface area contributed by atoms with E-state index in [0.29, 0.717) is 0 Å². The Morgan fingerprint density at radius 2 is 1.23 bits per heavy atom. The summed E-state index contributed by atoms with van der Waals surface area (Å²) in [6, 6.07) is 2.61. The van der Waals surface area contributed by atoms with Gasteiger partial charge in [-0.15, -0.1) is 5.54 Å². The first kappa shape index (κ1) is 33.8. The van der Waals surface area contributed by atoms with E-state index < -0.39 is 78.7 Å². The zero-order valence-corrected chi connectivity index (χ0v) is 24.9. The van der Waals surface area contributed by atoms with E-state index in [4.69, 9.17) is 0 Å². The second-order valence-corrected chi connectivity index (χ2v) is 16.6. The molecule has 0 fully saturated rings. The van der Waals surface area contributed by atoms with Gasteiger partial charge in [-0.3, -0.25) is 19.3 Å². The highest BCUT2D eigenvalue weighted by molar-refractivity contribution is 6.90. The lowest BCUT2D eigenvalue weighted by Gasteiger charge is -2.38. The fraction of sp³-hybridized carbons (Fsp3) is 0.414. The molecule has 0 aromatic heterocycles. The molecule has 232 valence electrons. The number of alkyl halides is 4. The first-order valence-electron chi connectivity index (χ1n) is 13.2. The number of halogens is 8. The highest BCUT2D eigenvalue weighted by Gasteiger charge is 2.48. The summed E-state index contributed by atoms with van der Waals surface area (Å²) in [7, 11) is -2.69. The maximum absolute atomic E-state index is 16.1. The van der Waals surface area contributed by atoms with Crippen LogP contribution in [-0.4, -0.2) is 42.9 Å². The SMILES string of the molecule is CC(C)[Si](C#C[C@H](F)[C@@H](C(=O)Nc1c(F)c(F)c(C(F)(F)F)c(F)c1F)N1C(=O)c2ccccc2C1=O)(C(C)C)C(C)C. The smallest absolute Gasteiger partial charge is 0.319 e. The highest BCUT2D eigenvalue weighted by atomic mass is 28.3. The number of carbonyl (C=O) groups excluding carboxylic acids is 3. The number of hydrogen-bond donors (Lipinski definition) is 1. The molecule has 43 heavy (non-hydrogen) atoms. The first-order valence-corrected chi connectivity index (χ1v) is 15.4. The lowest BCUT2D eigenvalue weighted by molar-refractivity contribution is -0.143. The van der Waals surface area contributed by atoms with Crippen LogP contribution in [0, 0.1) is 34.7 Å². The maximum Gasteiger partial charge on any atom is 0.422 e. The standard InChI is InChI=1S/C29H28F8N2O3Si/c1-13(2)43(14(3)4,15(5)6)12-11-18(30)25(39-27(41)16-9-7-8-10-17(16)28(39)42)26(40)38-24-22(33)20(31)19(29(35,36)37)21(32)23(24)34/h7-10,13-15,18,25H,1-6H3,(H,38,40)/t18-,25-/m0/s1. The summed E-state index contributed by atoms with van der Waals surface area (Å²) in [6.07, 6.45) is -8.53. The van der Waals surface area contributed by atoms with Crippen LogP contribution in [0.2, 0.25) is 16.6 Å². The van der Waals surface area contributed by atoms with Gasteiger partial charge in [0.25, 0.3) is 17.7 Å². The number of hydrogen-bond acceptors (Lipinski definition) is 3. The van der Waals surface area contributed by atoms with E-state index in [1.54, 1.807) is 0 Å². The third kappa shape index (κ3) is 5.79. The first-order chi connectivity index (χ1) is 19.8. The van der Waals surface area contributed by atoms with Crippen molar-refractivity contribution in [2.45, 2.75) is 76.6 Å². The van der Waals surface area contributed by atoms with Gasteiger partial charge in [-0.05, 0) is 28.8 Å². The van der Waals surface area contributed by atoms with Crippen LogP contribution in [0.25, 0.3) is 0 Å². The molecule has 14 heteroatoms. The monoisotopic (exact) mass is 632 g/mol. The summed E-state index contributed by atoms with van der Waals surface area (Å²) in [4.78, 5) is 39.8. The highest BCUT2D eigenvalue weighted by Crippen LogP contribution is 2.41. The quantitative estimate of drug-likeness (QED) is 0.114. The molecule has 5 nitrogen and oxygen atoms in total. The summed E-state index contributed by atoms with van der Waals surface area (Å²) in [5.41, 5.74) is -2.48. The lowest BCUT2D eigenvalue weighted by Crippen LogP contribution is -2.52. The minimum Gasteiger partial charge on any atom is -0.319 e. The molecule has 0 saturated heterocycles. The molecule has 0 saturated carbocycles. The number of rotatable bonds is 7. The van der Waals surface area contributed by atoms with E-state index >= 15 is 4.39 Å². The van der Waals surface area contributed by atoms with Gasteiger partial charge in [0, 0.05) is 0 Å². The predicted molar refractivity (Wildman–Crippen MR) is 144 cm³/mol. The number of nitrogens with zero attached hydrogens (tertiary/aromatic N) is 1. The predicted octanol–water partition coefficient (Wildman–Crippen LogP) is 7.42. The number of fused-ring (bicyclic) bond motifs is 1. The summed E-state index contributed by atoms with van der Waals surface area (Å²) in [5, 5.41) is 1.35. The maximum atomic E-state index is 16.1. The number of nitrogens with one attached hydrogen (secondary N) is 1. The van der Waals surface area contributed by atoms with Crippen LogP contribution >= 0.6 is 0 Å². The van der Waals surface area contributed by atoms with Gasteiger partial charge in [0.1, 0.15) is 19.3 Å². The fourth-order valence-electron chi connectivity index (χ4n) is 5.73. The average molecular weight is 633 g/mol. The molecule has 0 radical (unpaired) electrons. The lowest BCUT2D eigenvalue weighted by atomic mass is 10.1. The van der Waals surface area contributed by atoms with Gasteiger partial charge in [0.05, 0.1) is 11.1 Å². The Labute approximate surface area is 243 Å². The number of amides is 3. The van der Waals surface area contributed by atoms with Crippen molar-refractivity contribution in [1.82, 2.24) is 4.90 Å². The van der Waals surface area contributed by atoms with Crippen molar-refractivity contribution >= 4 is 31.5 Å². The van der Waals surface area contributed by atoms with Gasteiger partial charge in [0.15, 0.2) is 35.5 Å². The summed E-state index contributed by atoms with van der Waals surface area (Å²) < 4.78 is 113. The third-order valence-corrected chi connectivity index (χ3v) is 14.0. The Hall–Kier alpha value is -3.73. The molecule has 0 spiro atoms. The minimum atomic E-state index is -5.85. The summed E-state index contributed by atoms with van der Waals surface area (Å²) >= 11 is 0. The van der Waals surface area contributed by atoms with Crippen LogP contribution in [-0.2, 0) is 11.0 Å². The molecule has 2 aromatic carbocycles. The van der Waals surface area contributed by atoms with Crippen molar-refractivity contribution in [2.24, 2.45) is 0 Å². The van der Waals surface area contributed by atoms with Crippen molar-refractivity contribution < 1.29 is 49.5 Å². The topological polar surface area (TPSA) is 66.5 Å². The Morgan fingerprint density at radius 1 is 0.814 bits per heavy atom. The van der Waals surface area contributed by atoms with E-state index in [2.05, 4.69) is 11.5 Å². The minimum absolute atomic E-state index is 0.0277. The van der Waals surface area contributed by atoms with E-state index in [1.165, 1.54) is 29.6 Å². The van der Waals surface area contributed by atoms with Crippen molar-refractivity contribution in [3.8, 4) is 11.5 Å². The van der Waals surface area contributed by atoms with Gasteiger partial charge < -0.3 is 5.32 Å². The molecule has 0 unspecified atom stereocenters. The van der Waals surface area contributed by atoms with Crippen molar-refractivity contribution in [2.75, 3.05) is 5.32 Å². The van der Waals surface area contributed by atoms with Gasteiger partial charge >= 0.3 is 6.18 Å². The van der Waals surface area contributed by atoms with Crippen molar-refractivity contribution in [3.05, 3.63) is 64.2 Å². The molecule has 0 aliphatic carbocycles. The number of carbonyl (C=O) groups is 3. The Morgan fingerprint density at radius 3 is 1.60 bits per heavy atom. The Kier molecular flexibility index (Phi) is 9.50. The molecule has 2 atom stereocenters. The molecule has 1 aliphatic heterocycles. The van der Waals surface area contributed by atoms with Gasteiger partial charge in [-0.2, -0.15) is 13.2 Å². The van der Waals surface area contributed by atoms with E-state index in [-0.39, 0.29) is 32.7 Å². The van der Waals surface area contributed by atoms with Crippen molar-refractivity contribution in [3.63, 3.8) is 0 Å². The Balaban J connectivity index is 2.19. The largest absolute Gasteiger partial charge is 0.422 e. The zero-order chi connectivity index (χ0) is 32.8. The molecule has 1 N–H and O–H groups in total. The molecule has 1 heterocycles. The molecule has 2 aromatic rings. The van der Waals surface area contributed by atoms with E-state index in [9.17, 15) is 45.1 Å². The van der Waals surface area contributed by atoms with Crippen LogP contribution in [0.5, 0.6) is 0 Å². The fourth-order valence-corrected chi connectivity index (χ4v) is 11.0. The average Bonchev–Trinajstić information content (AvgIpc) is 3.14. The molecule has 3 amide bonds. The molecular weight excluding hydrogens is 604 g/mol. The number of benzene rings is 2. The zero-order valence-electron chi connectivity index (χ0n) is 23.9. The Bertz CT molecular complexity index is 1440. The van der Waals surface area contributed by atoms with Gasteiger partial charge in [-0.1, -0.05) is 59.6 Å².